The first-order valence-electron chi connectivity index (χ1n) is 7.12. The molecule has 1 N–H and O–H groups in total. The van der Waals surface area contributed by atoms with Gasteiger partial charge in [-0.15, -0.1) is 0 Å². The Balaban J connectivity index is 2.56. The van der Waals surface area contributed by atoms with E-state index in [1.54, 1.807) is 7.11 Å². The minimum Gasteiger partial charge on any atom is -0.383 e. The van der Waals surface area contributed by atoms with E-state index in [1.165, 1.54) is 16.5 Å². The number of hydrogen-bond donors (Lipinski definition) is 1. The molecule has 2 unspecified atom stereocenters. The summed E-state index contributed by atoms with van der Waals surface area (Å²) in [4.78, 5) is 0. The number of ether oxygens (including phenoxy) is 1. The van der Waals surface area contributed by atoms with Gasteiger partial charge in [0, 0.05) is 18.1 Å². The van der Waals surface area contributed by atoms with E-state index in [9.17, 15) is 0 Å². The van der Waals surface area contributed by atoms with Gasteiger partial charge in [-0.2, -0.15) is 0 Å². The lowest BCUT2D eigenvalue weighted by Gasteiger charge is -2.24. The fourth-order valence-corrected chi connectivity index (χ4v) is 2.66. The van der Waals surface area contributed by atoms with Crippen LogP contribution in [0.15, 0.2) is 28.7 Å². The quantitative estimate of drug-likeness (QED) is 0.695. The molecule has 3 heteroatoms. The number of halogens is 1. The second-order valence-electron chi connectivity index (χ2n) is 5.14. The highest BCUT2D eigenvalue weighted by Crippen LogP contribution is 2.24. The molecule has 0 amide bonds. The van der Waals surface area contributed by atoms with Crippen LogP contribution in [0.1, 0.15) is 25.8 Å². The van der Waals surface area contributed by atoms with Crippen molar-refractivity contribution >= 4 is 15.9 Å². The number of rotatable bonds is 9. The van der Waals surface area contributed by atoms with Gasteiger partial charge < -0.3 is 10.1 Å². The molecule has 0 bridgehead atoms. The van der Waals surface area contributed by atoms with Crippen molar-refractivity contribution in [2.75, 3.05) is 26.8 Å². The summed E-state index contributed by atoms with van der Waals surface area (Å²) in [6.07, 6.45) is 2.34. The lowest BCUT2D eigenvalue weighted by Crippen LogP contribution is -2.30. The van der Waals surface area contributed by atoms with Gasteiger partial charge in [-0.25, -0.2) is 0 Å². The Bertz CT molecular complexity index is 356. The lowest BCUT2D eigenvalue weighted by atomic mass is 9.86. The van der Waals surface area contributed by atoms with Crippen LogP contribution < -0.4 is 5.32 Å². The highest BCUT2D eigenvalue weighted by Gasteiger charge is 2.17. The predicted molar refractivity (Wildman–Crippen MR) is 85.5 cm³/mol. The molecule has 0 spiro atoms. The molecule has 0 aliphatic rings. The van der Waals surface area contributed by atoms with Crippen LogP contribution in [-0.4, -0.2) is 26.8 Å². The Kier molecular flexibility index (Phi) is 8.35. The van der Waals surface area contributed by atoms with Gasteiger partial charge in [0.25, 0.3) is 0 Å². The van der Waals surface area contributed by atoms with E-state index in [4.69, 9.17) is 4.74 Å². The third-order valence-corrected chi connectivity index (χ3v) is 4.55. The van der Waals surface area contributed by atoms with Gasteiger partial charge in [-0.1, -0.05) is 54.4 Å². The molecule has 0 aliphatic heterocycles. The normalized spacial score (nSPS) is 14.3. The molecule has 2 nitrogen and oxygen atoms in total. The van der Waals surface area contributed by atoms with E-state index in [0.29, 0.717) is 5.92 Å². The van der Waals surface area contributed by atoms with Crippen molar-refractivity contribution in [3.05, 3.63) is 34.3 Å². The van der Waals surface area contributed by atoms with Crippen molar-refractivity contribution in [1.29, 1.82) is 0 Å². The standard InChI is InChI=1S/C16H26BrNO/c1-4-13(2)15(12-18-9-10-19-3)11-14-7-5-6-8-16(14)17/h5-8,13,15,18H,4,9-12H2,1-3H3. The van der Waals surface area contributed by atoms with E-state index in [0.717, 1.165) is 32.0 Å². The Hall–Kier alpha value is -0.380. The molecule has 1 aromatic carbocycles. The van der Waals surface area contributed by atoms with Gasteiger partial charge >= 0.3 is 0 Å². The minimum atomic E-state index is 0.667. The van der Waals surface area contributed by atoms with Crippen molar-refractivity contribution in [3.63, 3.8) is 0 Å². The molecule has 0 radical (unpaired) electrons. The zero-order valence-electron chi connectivity index (χ0n) is 12.3. The number of methoxy groups -OCH3 is 1. The maximum atomic E-state index is 5.08. The summed E-state index contributed by atoms with van der Waals surface area (Å²) in [6, 6.07) is 8.53. The molecule has 1 rings (SSSR count). The third-order valence-electron chi connectivity index (χ3n) is 3.78. The molecule has 0 aliphatic carbocycles. The van der Waals surface area contributed by atoms with Crippen molar-refractivity contribution in [3.8, 4) is 0 Å². The fraction of sp³-hybridized carbons (Fsp3) is 0.625. The van der Waals surface area contributed by atoms with Gasteiger partial charge in [0.15, 0.2) is 0 Å². The molecule has 0 saturated carbocycles. The van der Waals surface area contributed by atoms with Crippen LogP contribution in [0.2, 0.25) is 0 Å². The summed E-state index contributed by atoms with van der Waals surface area (Å²) in [5.41, 5.74) is 1.40. The van der Waals surface area contributed by atoms with Crippen molar-refractivity contribution in [2.45, 2.75) is 26.7 Å². The Morgan fingerprint density at radius 3 is 2.68 bits per heavy atom. The molecule has 108 valence electrons. The van der Waals surface area contributed by atoms with E-state index in [-0.39, 0.29) is 0 Å². The predicted octanol–water partition coefficient (Wildman–Crippen LogP) is 3.89. The molecule has 19 heavy (non-hydrogen) atoms. The summed E-state index contributed by atoms with van der Waals surface area (Å²) in [5.74, 6) is 1.39. The average Bonchev–Trinajstić information content (AvgIpc) is 2.43. The minimum absolute atomic E-state index is 0.667. The highest BCUT2D eigenvalue weighted by atomic mass is 79.9. The van der Waals surface area contributed by atoms with Crippen molar-refractivity contribution in [2.24, 2.45) is 11.8 Å². The summed E-state index contributed by atoms with van der Waals surface area (Å²) in [7, 11) is 1.74. The SMILES string of the molecule is CCC(C)C(CNCCOC)Cc1ccccc1Br. The number of hydrogen-bond acceptors (Lipinski definition) is 2. The monoisotopic (exact) mass is 327 g/mol. The second-order valence-corrected chi connectivity index (χ2v) is 5.99. The Labute approximate surface area is 126 Å². The zero-order valence-corrected chi connectivity index (χ0v) is 13.9. The topological polar surface area (TPSA) is 21.3 Å². The molecule has 0 heterocycles. The van der Waals surface area contributed by atoms with Gasteiger partial charge in [-0.3, -0.25) is 0 Å². The molecule has 0 saturated heterocycles. The average molecular weight is 328 g/mol. The van der Waals surface area contributed by atoms with Crippen LogP contribution in [0.25, 0.3) is 0 Å². The van der Waals surface area contributed by atoms with E-state index < -0.39 is 0 Å². The highest BCUT2D eigenvalue weighted by molar-refractivity contribution is 9.10. The van der Waals surface area contributed by atoms with Crippen molar-refractivity contribution in [1.82, 2.24) is 5.32 Å². The Morgan fingerprint density at radius 1 is 1.32 bits per heavy atom. The van der Waals surface area contributed by atoms with Gasteiger partial charge in [0.1, 0.15) is 0 Å². The number of nitrogens with one attached hydrogen (secondary N) is 1. The van der Waals surface area contributed by atoms with E-state index in [1.807, 2.05) is 0 Å². The maximum Gasteiger partial charge on any atom is 0.0587 e. The fourth-order valence-electron chi connectivity index (χ4n) is 2.22. The van der Waals surface area contributed by atoms with Crippen LogP contribution in [-0.2, 0) is 11.2 Å². The van der Waals surface area contributed by atoms with Crippen LogP contribution in [0, 0.1) is 11.8 Å². The summed E-state index contributed by atoms with van der Waals surface area (Å²) in [5, 5.41) is 3.50. The first kappa shape index (κ1) is 16.7. The van der Waals surface area contributed by atoms with Crippen LogP contribution in [0.4, 0.5) is 0 Å². The molecule has 0 aromatic heterocycles. The van der Waals surface area contributed by atoms with Gasteiger partial charge in [0.2, 0.25) is 0 Å². The summed E-state index contributed by atoms with van der Waals surface area (Å²) in [6.45, 7) is 7.38. The van der Waals surface area contributed by atoms with Crippen LogP contribution >= 0.6 is 15.9 Å². The van der Waals surface area contributed by atoms with Crippen LogP contribution in [0.3, 0.4) is 0 Å². The zero-order chi connectivity index (χ0) is 14.1. The number of benzene rings is 1. The van der Waals surface area contributed by atoms with Crippen molar-refractivity contribution < 1.29 is 4.74 Å². The van der Waals surface area contributed by atoms with Gasteiger partial charge in [0.05, 0.1) is 6.61 Å². The lowest BCUT2D eigenvalue weighted by molar-refractivity contribution is 0.195. The smallest absolute Gasteiger partial charge is 0.0587 e. The molecule has 0 fully saturated rings. The molecule has 1 aromatic rings. The first-order valence-corrected chi connectivity index (χ1v) is 7.91. The summed E-state index contributed by atoms with van der Waals surface area (Å²) >= 11 is 3.65. The largest absolute Gasteiger partial charge is 0.383 e. The second kappa shape index (κ2) is 9.51. The summed E-state index contributed by atoms with van der Waals surface area (Å²) < 4.78 is 6.30. The first-order chi connectivity index (χ1) is 9.19. The van der Waals surface area contributed by atoms with Gasteiger partial charge in [-0.05, 0) is 36.4 Å². The Morgan fingerprint density at radius 2 is 2.05 bits per heavy atom. The molecular weight excluding hydrogens is 302 g/mol. The van der Waals surface area contributed by atoms with Crippen LogP contribution in [0.5, 0.6) is 0 Å². The molecule has 2 atom stereocenters. The third kappa shape index (κ3) is 6.07. The maximum absolute atomic E-state index is 5.08. The van der Waals surface area contributed by atoms with E-state index >= 15 is 0 Å². The molecular formula is C16H26BrNO. The van der Waals surface area contributed by atoms with E-state index in [2.05, 4.69) is 59.4 Å².